The summed E-state index contributed by atoms with van der Waals surface area (Å²) in [6.45, 7) is 0.537. The van der Waals surface area contributed by atoms with Crippen molar-refractivity contribution in [3.05, 3.63) is 70.7 Å². The number of nitrogens with one attached hydrogen (secondary N) is 1. The van der Waals surface area contributed by atoms with E-state index in [2.05, 4.69) is 5.32 Å². The van der Waals surface area contributed by atoms with Crippen LogP contribution in [0.1, 0.15) is 16.9 Å². The Kier molecular flexibility index (Phi) is 5.06. The summed E-state index contributed by atoms with van der Waals surface area (Å²) in [6, 6.07) is 16.7. The average molecular weight is 295 g/mol. The fourth-order valence-corrected chi connectivity index (χ4v) is 2.58. The van der Waals surface area contributed by atoms with Crippen LogP contribution >= 0.6 is 19.6 Å². The van der Waals surface area contributed by atoms with Crippen LogP contribution < -0.4 is 5.32 Å². The van der Waals surface area contributed by atoms with Crippen molar-refractivity contribution in [3.8, 4) is 0 Å². The predicted octanol–water partition coefficient (Wildman–Crippen LogP) is 3.86. The summed E-state index contributed by atoms with van der Waals surface area (Å²) >= 11 is 5.81. The van der Waals surface area contributed by atoms with Gasteiger partial charge in [-0.2, -0.15) is 4.89 Å². The fraction of sp³-hybridized carbons (Fsp3) is 0.143. The third-order valence-electron chi connectivity index (χ3n) is 2.75. The molecule has 0 heterocycles. The van der Waals surface area contributed by atoms with Gasteiger partial charge in [-0.3, -0.25) is 5.32 Å². The molecule has 0 aliphatic heterocycles. The zero-order chi connectivity index (χ0) is 13.7. The van der Waals surface area contributed by atoms with Crippen LogP contribution in [-0.4, -0.2) is 4.89 Å². The molecule has 3 nitrogen and oxygen atoms in total. The molecule has 1 unspecified atom stereocenters. The van der Waals surface area contributed by atoms with Gasteiger partial charge < -0.3 is 0 Å². The van der Waals surface area contributed by atoms with E-state index in [1.165, 1.54) is 0 Å². The molecule has 0 saturated heterocycles. The molecule has 0 radical (unpaired) electrons. The van der Waals surface area contributed by atoms with Gasteiger partial charge in [0.1, 0.15) is 0 Å². The second kappa shape index (κ2) is 6.78. The van der Waals surface area contributed by atoms with Gasteiger partial charge in [0, 0.05) is 17.1 Å². The maximum Gasteiger partial charge on any atom is 0.529 e. The fourth-order valence-electron chi connectivity index (χ4n) is 1.78. The molecule has 5 heteroatoms. The molecule has 0 amide bonds. The summed E-state index contributed by atoms with van der Waals surface area (Å²) < 4.78 is 11.5. The Hall–Kier alpha value is -1.25. The molecule has 0 aliphatic carbocycles. The van der Waals surface area contributed by atoms with Crippen molar-refractivity contribution >= 4 is 19.6 Å². The van der Waals surface area contributed by atoms with Gasteiger partial charge in [0.2, 0.25) is 0 Å². The van der Waals surface area contributed by atoms with E-state index in [0.717, 1.165) is 11.1 Å². The van der Waals surface area contributed by atoms with Crippen molar-refractivity contribution in [2.24, 2.45) is 0 Å². The Morgan fingerprint density at radius 2 is 1.74 bits per heavy atom. The second-order valence-electron chi connectivity index (χ2n) is 4.12. The molecule has 2 rings (SSSR count). The molecule has 2 aromatic rings. The highest BCUT2D eigenvalue weighted by Crippen LogP contribution is 2.35. The highest BCUT2D eigenvalue weighted by molar-refractivity contribution is 7.38. The molecule has 0 fully saturated rings. The Bertz CT molecular complexity index is 545. The molecule has 98 valence electrons. The summed E-state index contributed by atoms with van der Waals surface area (Å²) in [4.78, 5) is 9.43. The first-order valence-corrected chi connectivity index (χ1v) is 7.51. The summed E-state index contributed by atoms with van der Waals surface area (Å²) in [5.74, 6) is -0.590. The normalized spacial score (nSPS) is 13.1. The van der Waals surface area contributed by atoms with Gasteiger partial charge in [0.05, 0.1) is 0 Å². The smallest absolute Gasteiger partial charge is 0.263 e. The molecule has 0 aliphatic rings. The van der Waals surface area contributed by atoms with Crippen molar-refractivity contribution < 1.29 is 9.46 Å². The van der Waals surface area contributed by atoms with Gasteiger partial charge in [-0.25, -0.2) is 0 Å². The quantitative estimate of drug-likeness (QED) is 0.823. The molecule has 2 N–H and O–H groups in total. The summed E-state index contributed by atoms with van der Waals surface area (Å²) in [7, 11) is -2.35. The van der Waals surface area contributed by atoms with E-state index in [1.807, 2.05) is 30.3 Å². The Balaban J connectivity index is 2.09. The summed E-state index contributed by atoms with van der Waals surface area (Å²) in [5, 5.41) is 3.70. The molecular formula is C14H14ClNO2P+. The first-order chi connectivity index (χ1) is 9.16. The molecule has 19 heavy (non-hydrogen) atoms. The molecule has 0 aromatic heterocycles. The molecule has 0 spiro atoms. The van der Waals surface area contributed by atoms with Crippen LogP contribution in [0.25, 0.3) is 0 Å². The minimum absolute atomic E-state index is 0.537. The summed E-state index contributed by atoms with van der Waals surface area (Å²) in [5.41, 5.74) is 1.82. The van der Waals surface area contributed by atoms with Crippen LogP contribution in [-0.2, 0) is 11.1 Å². The van der Waals surface area contributed by atoms with Crippen molar-refractivity contribution in [1.82, 2.24) is 5.32 Å². The Labute approximate surface area is 118 Å². The van der Waals surface area contributed by atoms with Crippen LogP contribution in [0.3, 0.4) is 0 Å². The van der Waals surface area contributed by atoms with Crippen molar-refractivity contribution in [2.75, 3.05) is 0 Å². The minimum Gasteiger partial charge on any atom is -0.263 e. The van der Waals surface area contributed by atoms with Crippen LogP contribution in [0.5, 0.6) is 0 Å². The van der Waals surface area contributed by atoms with E-state index in [-0.39, 0.29) is 0 Å². The maximum atomic E-state index is 11.5. The lowest BCUT2D eigenvalue weighted by Crippen LogP contribution is -2.18. The van der Waals surface area contributed by atoms with E-state index < -0.39 is 13.8 Å². The monoisotopic (exact) mass is 294 g/mol. The highest BCUT2D eigenvalue weighted by Gasteiger charge is 2.30. The Morgan fingerprint density at radius 1 is 1.11 bits per heavy atom. The lowest BCUT2D eigenvalue weighted by Gasteiger charge is -2.08. The standard InChI is InChI=1S/C14H13ClNO2P/c15-13-8-6-12(7-9-13)14(19(17)18)16-10-11-4-2-1-3-5-11/h1-9,14,16H,10H2/p+1/t14-/m0/s1. The van der Waals surface area contributed by atoms with Gasteiger partial charge in [0.15, 0.2) is 0 Å². The average Bonchev–Trinajstić information content (AvgIpc) is 2.42. The predicted molar refractivity (Wildman–Crippen MR) is 77.3 cm³/mol. The molecular weight excluding hydrogens is 281 g/mol. The third-order valence-corrected chi connectivity index (χ3v) is 3.92. The first kappa shape index (κ1) is 14.2. The van der Waals surface area contributed by atoms with E-state index >= 15 is 0 Å². The number of hydrogen-bond acceptors (Lipinski definition) is 2. The zero-order valence-corrected chi connectivity index (χ0v) is 11.8. The number of halogens is 1. The largest absolute Gasteiger partial charge is 0.529 e. The van der Waals surface area contributed by atoms with Crippen LogP contribution in [0.4, 0.5) is 0 Å². The highest BCUT2D eigenvalue weighted by atomic mass is 35.5. The first-order valence-electron chi connectivity index (χ1n) is 5.85. The lowest BCUT2D eigenvalue weighted by molar-refractivity contribution is 0.474. The Morgan fingerprint density at radius 3 is 2.32 bits per heavy atom. The van der Waals surface area contributed by atoms with Crippen molar-refractivity contribution in [2.45, 2.75) is 12.3 Å². The molecule has 0 saturated carbocycles. The second-order valence-corrected chi connectivity index (χ2v) is 5.68. The van der Waals surface area contributed by atoms with Crippen LogP contribution in [0, 0.1) is 0 Å². The van der Waals surface area contributed by atoms with E-state index in [0.29, 0.717) is 11.6 Å². The van der Waals surface area contributed by atoms with E-state index in [4.69, 9.17) is 11.6 Å². The van der Waals surface area contributed by atoms with Gasteiger partial charge in [0.25, 0.3) is 5.78 Å². The molecule has 2 aromatic carbocycles. The van der Waals surface area contributed by atoms with Gasteiger partial charge in [-0.15, -0.1) is 0 Å². The number of hydrogen-bond donors (Lipinski definition) is 2. The van der Waals surface area contributed by atoms with E-state index in [9.17, 15) is 9.46 Å². The minimum atomic E-state index is -2.35. The lowest BCUT2D eigenvalue weighted by atomic mass is 10.2. The van der Waals surface area contributed by atoms with Crippen molar-refractivity contribution in [3.63, 3.8) is 0 Å². The van der Waals surface area contributed by atoms with Gasteiger partial charge >= 0.3 is 8.03 Å². The van der Waals surface area contributed by atoms with Crippen molar-refractivity contribution in [1.29, 1.82) is 0 Å². The third kappa shape index (κ3) is 4.12. The summed E-state index contributed by atoms with van der Waals surface area (Å²) in [6.07, 6.45) is 0. The van der Waals surface area contributed by atoms with Crippen LogP contribution in [0.2, 0.25) is 5.02 Å². The number of benzene rings is 2. The van der Waals surface area contributed by atoms with Gasteiger partial charge in [-0.05, 0) is 22.3 Å². The maximum absolute atomic E-state index is 11.5. The molecule has 0 bridgehead atoms. The molecule has 2 atom stereocenters. The van der Waals surface area contributed by atoms with Crippen LogP contribution in [0.15, 0.2) is 54.6 Å². The van der Waals surface area contributed by atoms with Gasteiger partial charge in [-0.1, -0.05) is 54.1 Å². The number of rotatable bonds is 5. The topological polar surface area (TPSA) is 49.3 Å². The van der Waals surface area contributed by atoms with E-state index in [1.54, 1.807) is 24.3 Å². The SMILES string of the molecule is O=[P+](O)[C@H](NCc1ccccc1)c1ccc(Cl)cc1. The zero-order valence-electron chi connectivity index (χ0n) is 10.2.